The number of aryl methyl sites for hydroxylation is 1. The molecule has 0 fully saturated rings. The van der Waals surface area contributed by atoms with Gasteiger partial charge in [-0.3, -0.25) is 0 Å². The van der Waals surface area contributed by atoms with Crippen LogP contribution in [0.15, 0.2) is 42.6 Å². The fourth-order valence-electron chi connectivity index (χ4n) is 1.99. The SMILES string of the molecule is CNCc1ccc(N(C)c2ccccc2C)nc1. The highest BCUT2D eigenvalue weighted by molar-refractivity contribution is 5.62. The lowest BCUT2D eigenvalue weighted by Crippen LogP contribution is -2.13. The minimum Gasteiger partial charge on any atom is -0.329 e. The van der Waals surface area contributed by atoms with Crippen molar-refractivity contribution in [3.05, 3.63) is 53.7 Å². The first-order valence-electron chi connectivity index (χ1n) is 6.11. The van der Waals surface area contributed by atoms with Crippen molar-refractivity contribution in [2.24, 2.45) is 0 Å². The molecule has 0 unspecified atom stereocenters. The van der Waals surface area contributed by atoms with Gasteiger partial charge in [0.15, 0.2) is 0 Å². The van der Waals surface area contributed by atoms with Gasteiger partial charge in [0.2, 0.25) is 0 Å². The number of aromatic nitrogens is 1. The number of pyridine rings is 1. The Balaban J connectivity index is 2.23. The number of para-hydroxylation sites is 1. The maximum Gasteiger partial charge on any atom is 0.132 e. The van der Waals surface area contributed by atoms with Gasteiger partial charge in [-0.2, -0.15) is 0 Å². The molecule has 1 N–H and O–H groups in total. The van der Waals surface area contributed by atoms with Gasteiger partial charge in [0.25, 0.3) is 0 Å². The largest absolute Gasteiger partial charge is 0.329 e. The van der Waals surface area contributed by atoms with Crippen molar-refractivity contribution in [2.45, 2.75) is 13.5 Å². The molecule has 0 radical (unpaired) electrons. The number of nitrogens with zero attached hydrogens (tertiary/aromatic N) is 2. The zero-order valence-corrected chi connectivity index (χ0v) is 11.1. The lowest BCUT2D eigenvalue weighted by molar-refractivity contribution is 0.813. The first kappa shape index (κ1) is 12.6. The Bertz CT molecular complexity index is 505. The molecule has 1 aromatic heterocycles. The highest BCUT2D eigenvalue weighted by Crippen LogP contribution is 2.24. The van der Waals surface area contributed by atoms with E-state index in [-0.39, 0.29) is 0 Å². The minimum absolute atomic E-state index is 0.849. The first-order valence-corrected chi connectivity index (χ1v) is 6.11. The molecule has 3 heteroatoms. The smallest absolute Gasteiger partial charge is 0.132 e. The maximum absolute atomic E-state index is 4.50. The third kappa shape index (κ3) is 2.68. The molecule has 0 spiro atoms. The van der Waals surface area contributed by atoms with Crippen molar-refractivity contribution in [1.29, 1.82) is 0 Å². The van der Waals surface area contributed by atoms with Crippen LogP contribution in [-0.2, 0) is 6.54 Å². The summed E-state index contributed by atoms with van der Waals surface area (Å²) in [6.07, 6.45) is 1.92. The molecule has 94 valence electrons. The third-order valence-electron chi connectivity index (χ3n) is 3.01. The standard InChI is InChI=1S/C15H19N3/c1-12-6-4-5-7-14(12)18(3)15-9-8-13(10-16-2)11-17-15/h4-9,11,16H,10H2,1-3H3. The summed E-state index contributed by atoms with van der Waals surface area (Å²) in [6, 6.07) is 12.5. The summed E-state index contributed by atoms with van der Waals surface area (Å²) in [5, 5.41) is 3.12. The van der Waals surface area contributed by atoms with Crippen molar-refractivity contribution in [2.75, 3.05) is 19.0 Å². The van der Waals surface area contributed by atoms with Crippen LogP contribution in [0.1, 0.15) is 11.1 Å². The summed E-state index contributed by atoms with van der Waals surface area (Å²) in [4.78, 5) is 6.61. The molecule has 0 saturated heterocycles. The van der Waals surface area contributed by atoms with Crippen molar-refractivity contribution < 1.29 is 0 Å². The molecule has 0 aliphatic heterocycles. The Morgan fingerprint density at radius 3 is 2.56 bits per heavy atom. The first-order chi connectivity index (χ1) is 8.72. The van der Waals surface area contributed by atoms with Crippen molar-refractivity contribution >= 4 is 11.5 Å². The molecule has 0 bridgehead atoms. The van der Waals surface area contributed by atoms with E-state index in [0.29, 0.717) is 0 Å². The topological polar surface area (TPSA) is 28.2 Å². The van der Waals surface area contributed by atoms with E-state index >= 15 is 0 Å². The number of hydrogen-bond donors (Lipinski definition) is 1. The van der Waals surface area contributed by atoms with Crippen LogP contribution in [0.4, 0.5) is 11.5 Å². The van der Waals surface area contributed by atoms with Crippen molar-refractivity contribution in [3.8, 4) is 0 Å². The Hall–Kier alpha value is -1.87. The van der Waals surface area contributed by atoms with E-state index in [2.05, 4.69) is 52.5 Å². The van der Waals surface area contributed by atoms with E-state index < -0.39 is 0 Å². The fourth-order valence-corrected chi connectivity index (χ4v) is 1.99. The number of benzene rings is 1. The van der Waals surface area contributed by atoms with E-state index in [4.69, 9.17) is 0 Å². The zero-order valence-electron chi connectivity index (χ0n) is 11.1. The van der Waals surface area contributed by atoms with Gasteiger partial charge < -0.3 is 10.2 Å². The molecule has 0 aliphatic rings. The molecular weight excluding hydrogens is 222 g/mol. The zero-order chi connectivity index (χ0) is 13.0. The molecular formula is C15H19N3. The molecule has 0 aliphatic carbocycles. The van der Waals surface area contributed by atoms with Gasteiger partial charge in [0, 0.05) is 25.5 Å². The van der Waals surface area contributed by atoms with E-state index in [9.17, 15) is 0 Å². The predicted octanol–water partition coefficient (Wildman–Crippen LogP) is 2.88. The number of rotatable bonds is 4. The second-order valence-corrected chi connectivity index (χ2v) is 4.40. The molecule has 0 saturated carbocycles. The fraction of sp³-hybridized carbons (Fsp3) is 0.267. The maximum atomic E-state index is 4.50. The quantitative estimate of drug-likeness (QED) is 0.892. The van der Waals surface area contributed by atoms with Crippen LogP contribution in [0.3, 0.4) is 0 Å². The highest BCUT2D eigenvalue weighted by Gasteiger charge is 2.07. The third-order valence-corrected chi connectivity index (χ3v) is 3.01. The molecule has 3 nitrogen and oxygen atoms in total. The molecule has 1 heterocycles. The van der Waals surface area contributed by atoms with E-state index in [0.717, 1.165) is 12.4 Å². The summed E-state index contributed by atoms with van der Waals surface area (Å²) >= 11 is 0. The normalized spacial score (nSPS) is 10.4. The van der Waals surface area contributed by atoms with Gasteiger partial charge in [0.05, 0.1) is 0 Å². The summed E-state index contributed by atoms with van der Waals surface area (Å²) < 4.78 is 0. The summed E-state index contributed by atoms with van der Waals surface area (Å²) in [6.45, 7) is 2.96. The molecule has 18 heavy (non-hydrogen) atoms. The minimum atomic E-state index is 0.849. The Labute approximate surface area is 108 Å². The van der Waals surface area contributed by atoms with Gasteiger partial charge >= 0.3 is 0 Å². The molecule has 1 aromatic carbocycles. The molecule has 2 rings (SSSR count). The van der Waals surface area contributed by atoms with E-state index in [1.807, 2.05) is 26.4 Å². The highest BCUT2D eigenvalue weighted by atomic mass is 15.2. The predicted molar refractivity (Wildman–Crippen MR) is 76.2 cm³/mol. The van der Waals surface area contributed by atoms with Gasteiger partial charge in [-0.1, -0.05) is 24.3 Å². The summed E-state index contributed by atoms with van der Waals surface area (Å²) in [5.74, 6) is 0.962. The van der Waals surface area contributed by atoms with Crippen LogP contribution < -0.4 is 10.2 Å². The van der Waals surface area contributed by atoms with Crippen molar-refractivity contribution in [3.63, 3.8) is 0 Å². The second kappa shape index (κ2) is 5.65. The van der Waals surface area contributed by atoms with Gasteiger partial charge in [-0.25, -0.2) is 4.98 Å². The molecule has 0 atom stereocenters. The van der Waals surface area contributed by atoms with Crippen LogP contribution in [0.2, 0.25) is 0 Å². The summed E-state index contributed by atoms with van der Waals surface area (Å²) in [7, 11) is 3.98. The van der Waals surface area contributed by atoms with Crippen LogP contribution >= 0.6 is 0 Å². The van der Waals surface area contributed by atoms with Gasteiger partial charge in [-0.05, 0) is 37.2 Å². The van der Waals surface area contributed by atoms with Crippen LogP contribution in [0.5, 0.6) is 0 Å². The molecule has 2 aromatic rings. The van der Waals surface area contributed by atoms with E-state index in [1.54, 1.807) is 0 Å². The average Bonchev–Trinajstić information content (AvgIpc) is 2.40. The van der Waals surface area contributed by atoms with E-state index in [1.165, 1.54) is 16.8 Å². The van der Waals surface area contributed by atoms with Crippen LogP contribution in [0, 0.1) is 6.92 Å². The number of nitrogens with one attached hydrogen (secondary N) is 1. The van der Waals surface area contributed by atoms with Gasteiger partial charge in [-0.15, -0.1) is 0 Å². The Kier molecular flexibility index (Phi) is 3.95. The Morgan fingerprint density at radius 2 is 1.94 bits per heavy atom. The second-order valence-electron chi connectivity index (χ2n) is 4.40. The van der Waals surface area contributed by atoms with Crippen LogP contribution in [-0.4, -0.2) is 19.1 Å². The monoisotopic (exact) mass is 241 g/mol. The van der Waals surface area contributed by atoms with Crippen LogP contribution in [0.25, 0.3) is 0 Å². The Morgan fingerprint density at radius 1 is 1.17 bits per heavy atom. The van der Waals surface area contributed by atoms with Crippen molar-refractivity contribution in [1.82, 2.24) is 10.3 Å². The molecule has 0 amide bonds. The summed E-state index contributed by atoms with van der Waals surface area (Å²) in [5.41, 5.74) is 3.63. The number of anilines is 2. The number of hydrogen-bond acceptors (Lipinski definition) is 3. The van der Waals surface area contributed by atoms with Gasteiger partial charge in [0.1, 0.15) is 5.82 Å². The average molecular weight is 241 g/mol. The lowest BCUT2D eigenvalue weighted by atomic mass is 10.2. The lowest BCUT2D eigenvalue weighted by Gasteiger charge is -2.20.